The molecular weight excluding hydrogens is 354 g/mol. The fraction of sp³-hybridized carbons (Fsp3) is 0.118. The Morgan fingerprint density at radius 3 is 2.26 bits per heavy atom. The van der Waals surface area contributed by atoms with Crippen LogP contribution in [0.3, 0.4) is 0 Å². The number of ketones is 1. The Morgan fingerprint density at radius 1 is 1.15 bits per heavy atom. The molecule has 1 unspecified atom stereocenters. The molecule has 0 saturated carbocycles. The minimum atomic E-state index is -1.37. The maximum absolute atomic E-state index is 12.8. The number of nitro benzene ring substituents is 2. The van der Waals surface area contributed by atoms with Crippen LogP contribution in [0.15, 0.2) is 42.5 Å². The fourth-order valence-electron chi connectivity index (χ4n) is 2.77. The van der Waals surface area contributed by atoms with Gasteiger partial charge in [0.1, 0.15) is 5.82 Å². The van der Waals surface area contributed by atoms with Crippen LogP contribution in [-0.4, -0.2) is 25.2 Å². The van der Waals surface area contributed by atoms with Crippen LogP contribution in [0.2, 0.25) is 0 Å². The van der Waals surface area contributed by atoms with Crippen molar-refractivity contribution in [2.24, 2.45) is 7.05 Å². The van der Waals surface area contributed by atoms with E-state index in [0.717, 1.165) is 18.2 Å². The molecule has 1 heterocycles. The van der Waals surface area contributed by atoms with Crippen LogP contribution in [0.1, 0.15) is 22.1 Å². The summed E-state index contributed by atoms with van der Waals surface area (Å²) in [6, 6.07) is 11.5. The first-order valence-electron chi connectivity index (χ1n) is 7.62. The SMILES string of the molecule is Cn1c(C(C#N)C(=O)c2cc([N+](=O)[O-])cc([N+](=O)[O-])c2)nc2ccccc21. The predicted octanol–water partition coefficient (Wildman–Crippen LogP) is 2.88. The van der Waals surface area contributed by atoms with Crippen molar-refractivity contribution < 1.29 is 14.6 Å². The minimum absolute atomic E-state index is 0.151. The molecule has 3 aromatic rings. The van der Waals surface area contributed by atoms with E-state index in [1.807, 2.05) is 6.07 Å². The Kier molecular flexibility index (Phi) is 4.35. The second-order valence-electron chi connectivity index (χ2n) is 5.70. The van der Waals surface area contributed by atoms with E-state index < -0.39 is 32.9 Å². The van der Waals surface area contributed by atoms with E-state index in [1.165, 1.54) is 0 Å². The maximum atomic E-state index is 12.8. The van der Waals surface area contributed by atoms with E-state index in [2.05, 4.69) is 4.98 Å². The number of hydrogen-bond donors (Lipinski definition) is 0. The number of non-ortho nitro benzene ring substituents is 2. The van der Waals surface area contributed by atoms with E-state index in [-0.39, 0.29) is 11.4 Å². The Balaban J connectivity index is 2.12. The average Bonchev–Trinajstić information content (AvgIpc) is 2.98. The van der Waals surface area contributed by atoms with Crippen LogP contribution in [0.4, 0.5) is 11.4 Å². The molecule has 0 aliphatic rings. The number of benzene rings is 2. The Hall–Kier alpha value is -4.13. The first kappa shape index (κ1) is 17.7. The Morgan fingerprint density at radius 2 is 1.74 bits per heavy atom. The van der Waals surface area contributed by atoms with Crippen molar-refractivity contribution in [2.75, 3.05) is 0 Å². The highest BCUT2D eigenvalue weighted by molar-refractivity contribution is 6.03. The zero-order valence-corrected chi connectivity index (χ0v) is 13.9. The summed E-state index contributed by atoms with van der Waals surface area (Å²) in [5.41, 5.74) is -0.225. The lowest BCUT2D eigenvalue weighted by atomic mass is 9.97. The number of aromatic nitrogens is 2. The number of Topliss-reactive ketones (excluding diaryl/α,β-unsaturated/α-hetero) is 1. The molecule has 0 aliphatic heterocycles. The van der Waals surface area contributed by atoms with Gasteiger partial charge in [-0.3, -0.25) is 25.0 Å². The number of imidazole rings is 1. The van der Waals surface area contributed by atoms with Gasteiger partial charge in [0.25, 0.3) is 11.4 Å². The molecule has 1 atom stereocenters. The molecular formula is C17H11N5O5. The highest BCUT2D eigenvalue weighted by Gasteiger charge is 2.29. The van der Waals surface area contributed by atoms with Gasteiger partial charge in [-0.25, -0.2) is 4.98 Å². The van der Waals surface area contributed by atoms with Gasteiger partial charge in [-0.2, -0.15) is 5.26 Å². The number of rotatable bonds is 5. The number of aryl methyl sites for hydroxylation is 1. The van der Waals surface area contributed by atoms with Crippen LogP contribution in [0, 0.1) is 31.6 Å². The van der Waals surface area contributed by atoms with Gasteiger partial charge in [0.05, 0.1) is 33.0 Å². The zero-order valence-electron chi connectivity index (χ0n) is 13.9. The summed E-state index contributed by atoms with van der Waals surface area (Å²) in [6.07, 6.45) is 0. The summed E-state index contributed by atoms with van der Waals surface area (Å²) in [6.45, 7) is 0. The first-order chi connectivity index (χ1) is 12.8. The summed E-state index contributed by atoms with van der Waals surface area (Å²) >= 11 is 0. The molecule has 10 nitrogen and oxygen atoms in total. The molecule has 0 fully saturated rings. The van der Waals surface area contributed by atoms with Gasteiger partial charge in [0.15, 0.2) is 11.7 Å². The Bertz CT molecular complexity index is 1110. The van der Waals surface area contributed by atoms with E-state index >= 15 is 0 Å². The lowest BCUT2D eigenvalue weighted by molar-refractivity contribution is -0.394. The number of nitro groups is 2. The third kappa shape index (κ3) is 3.09. The van der Waals surface area contributed by atoms with Gasteiger partial charge in [-0.05, 0) is 12.1 Å². The molecule has 0 spiro atoms. The molecule has 0 bridgehead atoms. The van der Waals surface area contributed by atoms with E-state index in [9.17, 15) is 30.3 Å². The van der Waals surface area contributed by atoms with Crippen LogP contribution in [-0.2, 0) is 7.05 Å². The third-order valence-electron chi connectivity index (χ3n) is 4.08. The van der Waals surface area contributed by atoms with Crippen molar-refractivity contribution in [3.63, 3.8) is 0 Å². The summed E-state index contributed by atoms with van der Waals surface area (Å²) in [5.74, 6) is -2.02. The molecule has 0 amide bonds. The second-order valence-corrected chi connectivity index (χ2v) is 5.70. The molecule has 134 valence electrons. The quantitative estimate of drug-likeness (QED) is 0.384. The van der Waals surface area contributed by atoms with Gasteiger partial charge in [-0.1, -0.05) is 12.1 Å². The van der Waals surface area contributed by atoms with Crippen molar-refractivity contribution in [1.29, 1.82) is 5.26 Å². The molecule has 1 aromatic heterocycles. The largest absolute Gasteiger partial charge is 0.330 e. The molecule has 27 heavy (non-hydrogen) atoms. The number of nitrogens with zero attached hydrogens (tertiary/aromatic N) is 5. The van der Waals surface area contributed by atoms with E-state index in [1.54, 1.807) is 35.9 Å². The minimum Gasteiger partial charge on any atom is -0.330 e. The number of hydrogen-bond acceptors (Lipinski definition) is 7. The van der Waals surface area contributed by atoms with E-state index in [0.29, 0.717) is 11.0 Å². The molecule has 3 rings (SSSR count). The molecule has 0 aliphatic carbocycles. The van der Waals surface area contributed by atoms with Gasteiger partial charge in [0.2, 0.25) is 0 Å². The van der Waals surface area contributed by atoms with Gasteiger partial charge < -0.3 is 4.57 Å². The molecule has 2 aromatic carbocycles. The van der Waals surface area contributed by atoms with E-state index in [4.69, 9.17) is 0 Å². The molecule has 0 N–H and O–H groups in total. The van der Waals surface area contributed by atoms with Gasteiger partial charge >= 0.3 is 0 Å². The lowest BCUT2D eigenvalue weighted by Gasteiger charge is -2.09. The van der Waals surface area contributed by atoms with Crippen LogP contribution >= 0.6 is 0 Å². The molecule has 0 radical (unpaired) electrons. The fourth-order valence-corrected chi connectivity index (χ4v) is 2.77. The second kappa shape index (κ2) is 6.64. The number of fused-ring (bicyclic) bond motifs is 1. The standard InChI is InChI=1S/C17H11N5O5/c1-20-15-5-3-2-4-14(15)19-17(20)13(9-18)16(23)10-6-11(21(24)25)8-12(7-10)22(26)27/h2-8,13H,1H3. The van der Waals surface area contributed by atoms with Crippen LogP contribution in [0.25, 0.3) is 11.0 Å². The number of para-hydroxylation sites is 2. The van der Waals surface area contributed by atoms with Crippen LogP contribution in [0.5, 0.6) is 0 Å². The average molecular weight is 365 g/mol. The number of carbonyl (C=O) groups is 1. The topological polar surface area (TPSA) is 145 Å². The van der Waals surface area contributed by atoms with Crippen molar-refractivity contribution >= 4 is 28.2 Å². The van der Waals surface area contributed by atoms with Crippen molar-refractivity contribution in [2.45, 2.75) is 5.92 Å². The van der Waals surface area contributed by atoms with Crippen molar-refractivity contribution in [1.82, 2.24) is 9.55 Å². The number of carbonyl (C=O) groups excluding carboxylic acids is 1. The highest BCUT2D eigenvalue weighted by atomic mass is 16.6. The Labute approximate surface area is 151 Å². The monoisotopic (exact) mass is 365 g/mol. The van der Waals surface area contributed by atoms with Crippen LogP contribution < -0.4 is 0 Å². The normalized spacial score (nSPS) is 11.7. The number of nitriles is 1. The maximum Gasteiger partial charge on any atom is 0.277 e. The highest BCUT2D eigenvalue weighted by Crippen LogP contribution is 2.28. The van der Waals surface area contributed by atoms with Crippen molar-refractivity contribution in [3.8, 4) is 6.07 Å². The lowest BCUT2D eigenvalue weighted by Crippen LogP contribution is -2.16. The zero-order chi connectivity index (χ0) is 19.7. The summed E-state index contributed by atoms with van der Waals surface area (Å²) in [5, 5.41) is 31.6. The predicted molar refractivity (Wildman–Crippen MR) is 93.1 cm³/mol. The summed E-state index contributed by atoms with van der Waals surface area (Å²) < 4.78 is 1.58. The molecule has 0 saturated heterocycles. The third-order valence-corrected chi connectivity index (χ3v) is 4.08. The summed E-state index contributed by atoms with van der Waals surface area (Å²) in [4.78, 5) is 37.5. The van der Waals surface area contributed by atoms with Gasteiger partial charge in [0, 0.05) is 24.7 Å². The first-order valence-corrected chi connectivity index (χ1v) is 7.62. The molecule has 10 heteroatoms. The smallest absolute Gasteiger partial charge is 0.277 e. The van der Waals surface area contributed by atoms with Crippen molar-refractivity contribution in [3.05, 3.63) is 74.1 Å². The van der Waals surface area contributed by atoms with Gasteiger partial charge in [-0.15, -0.1) is 0 Å². The summed E-state index contributed by atoms with van der Waals surface area (Å²) in [7, 11) is 1.64.